The lowest BCUT2D eigenvalue weighted by molar-refractivity contribution is 0.300. The third-order valence-electron chi connectivity index (χ3n) is 5.35. The van der Waals surface area contributed by atoms with Crippen LogP contribution in [-0.2, 0) is 25.9 Å². The molecule has 0 spiro atoms. The van der Waals surface area contributed by atoms with Crippen molar-refractivity contribution in [2.24, 2.45) is 0 Å². The van der Waals surface area contributed by atoms with Crippen LogP contribution in [0, 0.1) is 0 Å². The fourth-order valence-electron chi connectivity index (χ4n) is 4.03. The first kappa shape index (κ1) is 17.0. The van der Waals surface area contributed by atoms with Gasteiger partial charge in [-0.15, -0.1) is 0 Å². The standard InChI is InChI=1S/C20H22N6O2/c21-17-16-18-25-19(24-17)28-7-3-1-2-4-13-8-12(11-26(18)20(27)23-16)9-14-10-22-6-5-15(13)14/h1-2,8-9,22H,3-7,10-11H2,(H,23,27)(H2,21,24,25)/b2-1+. The molecule has 5 rings (SSSR count). The molecule has 1 aromatic carbocycles. The minimum absolute atomic E-state index is 0.193. The number of nitrogens with zero attached hydrogens (tertiary/aromatic N) is 3. The van der Waals surface area contributed by atoms with Crippen molar-refractivity contribution in [1.29, 1.82) is 0 Å². The molecule has 0 fully saturated rings. The second kappa shape index (κ2) is 6.79. The number of aromatic amines is 1. The number of anilines is 1. The minimum atomic E-state index is -0.252. The maximum Gasteiger partial charge on any atom is 0.328 e. The van der Waals surface area contributed by atoms with Crippen LogP contribution in [0.2, 0.25) is 0 Å². The molecular weight excluding hydrogens is 356 g/mol. The van der Waals surface area contributed by atoms with E-state index < -0.39 is 0 Å². The summed E-state index contributed by atoms with van der Waals surface area (Å²) in [5, 5.41) is 3.44. The summed E-state index contributed by atoms with van der Waals surface area (Å²) in [6.07, 6.45) is 6.97. The Morgan fingerprint density at radius 3 is 3.00 bits per heavy atom. The predicted octanol–water partition coefficient (Wildman–Crippen LogP) is 1.28. The van der Waals surface area contributed by atoms with Crippen LogP contribution in [0.25, 0.3) is 11.2 Å². The quantitative estimate of drug-likeness (QED) is 0.508. The van der Waals surface area contributed by atoms with Crippen LogP contribution < -0.4 is 21.5 Å². The molecule has 8 nitrogen and oxygen atoms in total. The Labute approximate surface area is 161 Å². The number of hydrogen-bond donors (Lipinski definition) is 3. The molecule has 0 saturated carbocycles. The number of ether oxygens (including phenoxy) is 1. The van der Waals surface area contributed by atoms with E-state index >= 15 is 0 Å². The number of allylic oxidation sites excluding steroid dienone is 1. The molecule has 0 unspecified atom stereocenters. The van der Waals surface area contributed by atoms with Crippen LogP contribution >= 0.6 is 0 Å². The highest BCUT2D eigenvalue weighted by Crippen LogP contribution is 2.24. The van der Waals surface area contributed by atoms with Gasteiger partial charge in [0.1, 0.15) is 5.52 Å². The molecule has 0 atom stereocenters. The fourth-order valence-corrected chi connectivity index (χ4v) is 4.03. The molecule has 0 saturated heterocycles. The van der Waals surface area contributed by atoms with Gasteiger partial charge in [0.2, 0.25) is 0 Å². The number of imidazole rings is 1. The smallest absolute Gasteiger partial charge is 0.328 e. The predicted molar refractivity (Wildman–Crippen MR) is 106 cm³/mol. The highest BCUT2D eigenvalue weighted by atomic mass is 16.5. The van der Waals surface area contributed by atoms with Crippen LogP contribution in [-0.4, -0.2) is 32.7 Å². The molecule has 4 bridgehead atoms. The zero-order valence-corrected chi connectivity index (χ0v) is 15.5. The number of nitrogens with two attached hydrogens (primary N) is 1. The molecule has 144 valence electrons. The summed E-state index contributed by atoms with van der Waals surface area (Å²) in [5.74, 6) is 0.216. The summed E-state index contributed by atoms with van der Waals surface area (Å²) in [4.78, 5) is 24.0. The van der Waals surface area contributed by atoms with E-state index in [0.29, 0.717) is 24.3 Å². The molecule has 0 aliphatic carbocycles. The Morgan fingerprint density at radius 1 is 1.18 bits per heavy atom. The van der Waals surface area contributed by atoms with E-state index in [1.165, 1.54) is 16.7 Å². The Bertz CT molecular complexity index is 1140. The van der Waals surface area contributed by atoms with Crippen molar-refractivity contribution >= 4 is 17.0 Å². The second-order valence-corrected chi connectivity index (χ2v) is 7.24. The minimum Gasteiger partial charge on any atom is -0.463 e. The third-order valence-corrected chi connectivity index (χ3v) is 5.35. The van der Waals surface area contributed by atoms with Gasteiger partial charge in [0.15, 0.2) is 11.5 Å². The average Bonchev–Trinajstić information content (AvgIpc) is 3.00. The Kier molecular flexibility index (Phi) is 4.12. The number of aromatic nitrogens is 4. The van der Waals surface area contributed by atoms with Crippen molar-refractivity contribution < 1.29 is 4.74 Å². The molecule has 28 heavy (non-hydrogen) atoms. The van der Waals surface area contributed by atoms with Gasteiger partial charge >= 0.3 is 11.7 Å². The molecule has 2 aromatic heterocycles. The summed E-state index contributed by atoms with van der Waals surface area (Å²) in [6.45, 7) is 2.73. The first-order chi connectivity index (χ1) is 13.7. The molecule has 2 aliphatic rings. The van der Waals surface area contributed by atoms with Gasteiger partial charge in [-0.2, -0.15) is 9.97 Å². The zero-order valence-electron chi connectivity index (χ0n) is 15.5. The van der Waals surface area contributed by atoms with Gasteiger partial charge in [0.05, 0.1) is 13.2 Å². The molecule has 8 heteroatoms. The first-order valence-electron chi connectivity index (χ1n) is 9.57. The van der Waals surface area contributed by atoms with Crippen molar-refractivity contribution in [2.45, 2.75) is 32.4 Å². The van der Waals surface area contributed by atoms with Gasteiger partial charge in [-0.25, -0.2) is 4.79 Å². The van der Waals surface area contributed by atoms with Crippen molar-refractivity contribution in [1.82, 2.24) is 24.8 Å². The van der Waals surface area contributed by atoms with E-state index in [1.54, 1.807) is 4.57 Å². The topological polar surface area (TPSA) is 111 Å². The van der Waals surface area contributed by atoms with Crippen LogP contribution in [0.5, 0.6) is 6.01 Å². The Morgan fingerprint density at radius 2 is 2.07 bits per heavy atom. The zero-order chi connectivity index (χ0) is 19.1. The maximum atomic E-state index is 12.6. The number of nitrogens with one attached hydrogen (secondary N) is 2. The summed E-state index contributed by atoms with van der Waals surface area (Å²) >= 11 is 0. The number of nitrogen functional groups attached to an aromatic ring is 1. The van der Waals surface area contributed by atoms with Gasteiger partial charge < -0.3 is 20.8 Å². The lowest BCUT2D eigenvalue weighted by Gasteiger charge is -2.22. The monoisotopic (exact) mass is 378 g/mol. The molecule has 3 aromatic rings. The van der Waals surface area contributed by atoms with E-state index in [4.69, 9.17) is 10.5 Å². The Hall–Kier alpha value is -3.13. The first-order valence-corrected chi connectivity index (χ1v) is 9.57. The van der Waals surface area contributed by atoms with Crippen molar-refractivity contribution in [3.63, 3.8) is 0 Å². The molecule has 0 amide bonds. The van der Waals surface area contributed by atoms with Gasteiger partial charge in [0, 0.05) is 6.54 Å². The number of benzene rings is 1. The maximum absolute atomic E-state index is 12.6. The molecular formula is C20H22N6O2. The van der Waals surface area contributed by atoms with E-state index in [-0.39, 0.29) is 17.5 Å². The van der Waals surface area contributed by atoms with Crippen molar-refractivity contribution in [3.8, 4) is 6.01 Å². The number of rotatable bonds is 0. The average molecular weight is 378 g/mol. The highest BCUT2D eigenvalue weighted by Gasteiger charge is 2.18. The summed E-state index contributed by atoms with van der Waals surface area (Å²) in [5.41, 5.74) is 11.8. The van der Waals surface area contributed by atoms with E-state index in [2.05, 4.69) is 44.6 Å². The number of fused-ring (bicyclic) bond motifs is 5. The second-order valence-electron chi connectivity index (χ2n) is 7.24. The van der Waals surface area contributed by atoms with Gasteiger partial charge in [0.25, 0.3) is 0 Å². The SMILES string of the molecule is Nc1nc2nc3c1[nH]c(=O)n3Cc1cc(c3c(c1)CNCC3)C/C=C/CCO2. The van der Waals surface area contributed by atoms with Crippen LogP contribution in [0.3, 0.4) is 0 Å². The van der Waals surface area contributed by atoms with Gasteiger partial charge in [-0.1, -0.05) is 24.3 Å². The summed E-state index contributed by atoms with van der Waals surface area (Å²) in [7, 11) is 0. The summed E-state index contributed by atoms with van der Waals surface area (Å²) < 4.78 is 7.25. The third kappa shape index (κ3) is 2.95. The van der Waals surface area contributed by atoms with Crippen LogP contribution in [0.4, 0.5) is 5.82 Å². The fraction of sp³-hybridized carbons (Fsp3) is 0.350. The normalized spacial score (nSPS) is 17.7. The van der Waals surface area contributed by atoms with Crippen LogP contribution in [0.1, 0.15) is 28.7 Å². The van der Waals surface area contributed by atoms with E-state index in [1.807, 2.05) is 0 Å². The van der Waals surface area contributed by atoms with Crippen molar-refractivity contribution in [2.75, 3.05) is 18.9 Å². The number of H-pyrrole nitrogens is 1. The Balaban J connectivity index is 1.69. The number of hydrogen-bond acceptors (Lipinski definition) is 6. The van der Waals surface area contributed by atoms with Gasteiger partial charge in [-0.3, -0.25) is 4.57 Å². The molecule has 2 aliphatic heterocycles. The summed E-state index contributed by atoms with van der Waals surface area (Å²) in [6, 6.07) is 4.60. The largest absolute Gasteiger partial charge is 0.463 e. The lowest BCUT2D eigenvalue weighted by Crippen LogP contribution is -2.25. The lowest BCUT2D eigenvalue weighted by atomic mass is 9.91. The molecule has 0 radical (unpaired) electrons. The van der Waals surface area contributed by atoms with Crippen LogP contribution in [0.15, 0.2) is 29.1 Å². The van der Waals surface area contributed by atoms with Crippen molar-refractivity contribution in [3.05, 3.63) is 57.0 Å². The van der Waals surface area contributed by atoms with Gasteiger partial charge in [-0.05, 0) is 48.1 Å². The van der Waals surface area contributed by atoms with E-state index in [0.717, 1.165) is 37.9 Å². The molecule has 4 heterocycles. The van der Waals surface area contributed by atoms with E-state index in [9.17, 15) is 4.79 Å². The molecule has 4 N–H and O–H groups in total. The highest BCUT2D eigenvalue weighted by molar-refractivity contribution is 5.82.